The summed E-state index contributed by atoms with van der Waals surface area (Å²) >= 11 is 1.44. The van der Waals surface area contributed by atoms with Gasteiger partial charge < -0.3 is 25.5 Å². The van der Waals surface area contributed by atoms with Gasteiger partial charge in [-0.05, 0) is 36.6 Å². The lowest BCUT2D eigenvalue weighted by atomic mass is 10.1. The highest BCUT2D eigenvalue weighted by molar-refractivity contribution is 7.18. The van der Waals surface area contributed by atoms with E-state index in [4.69, 9.17) is 4.74 Å². The SMILES string of the molecule is C=C(O)CCc1sc2nc(C(=C)NCc3ccc4c(c3)NC(=O)CO4)[nH]c(=O)c2c1C. The van der Waals surface area contributed by atoms with Crippen molar-refractivity contribution in [3.63, 3.8) is 0 Å². The molecule has 2 aromatic heterocycles. The average Bonchev–Trinajstić information content (AvgIpc) is 3.06. The Hall–Kier alpha value is -3.59. The van der Waals surface area contributed by atoms with E-state index < -0.39 is 0 Å². The molecule has 0 aliphatic carbocycles. The first kappa shape index (κ1) is 20.7. The van der Waals surface area contributed by atoms with Crippen molar-refractivity contribution in [3.8, 4) is 5.75 Å². The number of nitrogens with one attached hydrogen (secondary N) is 3. The van der Waals surface area contributed by atoms with Gasteiger partial charge in [0.25, 0.3) is 11.5 Å². The molecule has 1 aliphatic rings. The maximum atomic E-state index is 12.7. The molecule has 4 rings (SSSR count). The van der Waals surface area contributed by atoms with Crippen molar-refractivity contribution in [2.75, 3.05) is 11.9 Å². The third-order valence-electron chi connectivity index (χ3n) is 5.01. The Bertz CT molecular complexity index is 1270. The van der Waals surface area contributed by atoms with Crippen LogP contribution in [0.15, 0.2) is 41.9 Å². The van der Waals surface area contributed by atoms with E-state index in [-0.39, 0.29) is 23.8 Å². The third kappa shape index (κ3) is 4.31. The van der Waals surface area contributed by atoms with E-state index in [0.717, 1.165) is 16.0 Å². The van der Waals surface area contributed by atoms with Gasteiger partial charge in [-0.2, -0.15) is 0 Å². The standard InChI is InChI=1S/C22H22N4O4S/c1-11(27)4-7-17-12(2)19-21(29)25-20(26-22(19)31-17)13(3)23-9-14-5-6-16-15(8-14)24-18(28)10-30-16/h5-6,8,23,27H,1,3-4,7,9-10H2,2H3,(H,24,28)(H,25,26,29). The second-order valence-corrected chi connectivity index (χ2v) is 8.39. The number of amides is 1. The Morgan fingerprint density at radius 3 is 2.94 bits per heavy atom. The number of nitrogens with zero attached hydrogens (tertiary/aromatic N) is 1. The molecular weight excluding hydrogens is 416 g/mol. The molecule has 31 heavy (non-hydrogen) atoms. The Morgan fingerprint density at radius 1 is 1.35 bits per heavy atom. The van der Waals surface area contributed by atoms with Gasteiger partial charge in [-0.15, -0.1) is 11.3 Å². The number of aromatic amines is 1. The number of aromatic nitrogens is 2. The van der Waals surface area contributed by atoms with Gasteiger partial charge in [-0.1, -0.05) is 19.2 Å². The maximum absolute atomic E-state index is 12.7. The fourth-order valence-corrected chi connectivity index (χ4v) is 4.54. The summed E-state index contributed by atoms with van der Waals surface area (Å²) in [4.78, 5) is 33.2. The van der Waals surface area contributed by atoms with Crippen LogP contribution in [0, 0.1) is 6.92 Å². The van der Waals surface area contributed by atoms with Crippen LogP contribution >= 0.6 is 11.3 Å². The Labute approximate surface area is 182 Å². The van der Waals surface area contributed by atoms with Gasteiger partial charge in [0, 0.05) is 17.8 Å². The molecule has 4 N–H and O–H groups in total. The number of aryl methyl sites for hydroxylation is 2. The number of aliphatic hydroxyl groups is 1. The van der Waals surface area contributed by atoms with Gasteiger partial charge in [-0.3, -0.25) is 9.59 Å². The predicted octanol–water partition coefficient (Wildman–Crippen LogP) is 3.39. The summed E-state index contributed by atoms with van der Waals surface area (Å²) in [6.07, 6.45) is 1.05. The van der Waals surface area contributed by atoms with Crippen molar-refractivity contribution < 1.29 is 14.6 Å². The van der Waals surface area contributed by atoms with Gasteiger partial charge in [0.2, 0.25) is 0 Å². The van der Waals surface area contributed by atoms with Crippen LogP contribution in [-0.4, -0.2) is 27.6 Å². The molecule has 9 heteroatoms. The summed E-state index contributed by atoms with van der Waals surface area (Å²) in [6, 6.07) is 5.52. The molecule has 0 radical (unpaired) electrons. The number of fused-ring (bicyclic) bond motifs is 2. The number of rotatable bonds is 7. The highest BCUT2D eigenvalue weighted by Crippen LogP contribution is 2.30. The van der Waals surface area contributed by atoms with Crippen molar-refractivity contribution in [3.05, 3.63) is 69.3 Å². The molecule has 0 atom stereocenters. The zero-order chi connectivity index (χ0) is 22.1. The minimum Gasteiger partial charge on any atom is -0.513 e. The number of carbonyl (C=O) groups excluding carboxylic acids is 1. The minimum atomic E-state index is -0.223. The highest BCUT2D eigenvalue weighted by Gasteiger charge is 2.17. The second kappa shape index (κ2) is 8.27. The van der Waals surface area contributed by atoms with Crippen LogP contribution in [-0.2, 0) is 17.8 Å². The van der Waals surface area contributed by atoms with E-state index in [9.17, 15) is 14.7 Å². The molecule has 1 aromatic carbocycles. The molecule has 1 aliphatic heterocycles. The number of benzene rings is 1. The number of carbonyl (C=O) groups is 1. The van der Waals surface area contributed by atoms with Gasteiger partial charge in [-0.25, -0.2) is 4.98 Å². The number of allylic oxidation sites excluding steroid dienone is 1. The maximum Gasteiger partial charge on any atom is 0.262 e. The molecular formula is C22H22N4O4S. The Balaban J connectivity index is 1.51. The first-order valence-electron chi connectivity index (χ1n) is 9.69. The molecule has 0 saturated heterocycles. The van der Waals surface area contributed by atoms with Crippen LogP contribution in [0.2, 0.25) is 0 Å². The summed E-state index contributed by atoms with van der Waals surface area (Å²) in [7, 11) is 0. The summed E-state index contributed by atoms with van der Waals surface area (Å²) in [6.45, 7) is 9.84. The summed E-state index contributed by atoms with van der Waals surface area (Å²) in [5.41, 5.74) is 2.67. The average molecular weight is 439 g/mol. The molecule has 0 saturated carbocycles. The van der Waals surface area contributed by atoms with Gasteiger partial charge >= 0.3 is 0 Å². The van der Waals surface area contributed by atoms with Crippen molar-refractivity contribution in [2.24, 2.45) is 0 Å². The lowest BCUT2D eigenvalue weighted by molar-refractivity contribution is -0.118. The number of thiophene rings is 1. The van der Waals surface area contributed by atoms with Gasteiger partial charge in [0.15, 0.2) is 12.4 Å². The first-order chi connectivity index (χ1) is 14.8. The van der Waals surface area contributed by atoms with E-state index >= 15 is 0 Å². The largest absolute Gasteiger partial charge is 0.513 e. The van der Waals surface area contributed by atoms with E-state index in [1.54, 1.807) is 6.07 Å². The number of hydrogen-bond donors (Lipinski definition) is 4. The van der Waals surface area contributed by atoms with Crippen LogP contribution in [0.25, 0.3) is 15.9 Å². The van der Waals surface area contributed by atoms with Crippen molar-refractivity contribution in [2.45, 2.75) is 26.3 Å². The lowest BCUT2D eigenvalue weighted by Crippen LogP contribution is -2.25. The number of H-pyrrole nitrogens is 1. The third-order valence-corrected chi connectivity index (χ3v) is 6.25. The van der Waals surface area contributed by atoms with Crippen LogP contribution in [0.3, 0.4) is 0 Å². The molecule has 0 bridgehead atoms. The smallest absolute Gasteiger partial charge is 0.262 e. The predicted molar refractivity (Wildman–Crippen MR) is 122 cm³/mol. The molecule has 1 amide bonds. The number of aliphatic hydroxyl groups excluding tert-OH is 1. The number of hydrogen-bond acceptors (Lipinski definition) is 7. The van der Waals surface area contributed by atoms with Gasteiger partial charge in [0.1, 0.15) is 10.6 Å². The van der Waals surface area contributed by atoms with E-state index in [0.29, 0.717) is 52.6 Å². The lowest BCUT2D eigenvalue weighted by Gasteiger charge is -2.18. The number of ether oxygens (including phenoxy) is 1. The molecule has 3 heterocycles. The Morgan fingerprint density at radius 2 is 2.16 bits per heavy atom. The number of anilines is 1. The normalized spacial score (nSPS) is 12.7. The second-order valence-electron chi connectivity index (χ2n) is 7.31. The summed E-state index contributed by atoms with van der Waals surface area (Å²) in [5.74, 6) is 0.926. The monoisotopic (exact) mass is 438 g/mol. The molecule has 0 unspecified atom stereocenters. The fraction of sp³-hybridized carbons (Fsp3) is 0.227. The zero-order valence-electron chi connectivity index (χ0n) is 17.0. The van der Waals surface area contributed by atoms with E-state index in [1.807, 2.05) is 19.1 Å². The van der Waals surface area contributed by atoms with Crippen molar-refractivity contribution >= 4 is 38.8 Å². The highest BCUT2D eigenvalue weighted by atomic mass is 32.1. The van der Waals surface area contributed by atoms with Gasteiger partial charge in [0.05, 0.1) is 22.5 Å². The molecule has 160 valence electrons. The summed E-state index contributed by atoms with van der Waals surface area (Å²) in [5, 5.41) is 15.9. The minimum absolute atomic E-state index is 0.0154. The molecule has 8 nitrogen and oxygen atoms in total. The van der Waals surface area contributed by atoms with Crippen LogP contribution in [0.4, 0.5) is 5.69 Å². The molecule has 0 spiro atoms. The topological polar surface area (TPSA) is 116 Å². The summed E-state index contributed by atoms with van der Waals surface area (Å²) < 4.78 is 5.36. The fourth-order valence-electron chi connectivity index (χ4n) is 3.36. The van der Waals surface area contributed by atoms with Crippen LogP contribution in [0.1, 0.15) is 28.2 Å². The van der Waals surface area contributed by atoms with E-state index in [2.05, 4.69) is 33.8 Å². The quantitative estimate of drug-likeness (QED) is 0.420. The Kier molecular flexibility index (Phi) is 5.51. The molecule has 0 fully saturated rings. The van der Waals surface area contributed by atoms with Crippen molar-refractivity contribution in [1.82, 2.24) is 15.3 Å². The van der Waals surface area contributed by atoms with Crippen LogP contribution in [0.5, 0.6) is 5.75 Å². The van der Waals surface area contributed by atoms with Crippen molar-refractivity contribution in [1.29, 1.82) is 0 Å². The van der Waals surface area contributed by atoms with E-state index in [1.165, 1.54) is 11.3 Å². The molecule has 3 aromatic rings. The first-order valence-corrected chi connectivity index (χ1v) is 10.5. The zero-order valence-corrected chi connectivity index (χ0v) is 17.8. The van der Waals surface area contributed by atoms with Crippen LogP contribution < -0.4 is 20.9 Å².